The average Bonchev–Trinajstić information content (AvgIpc) is 4.05. The molecule has 4 unspecified atom stereocenters. The number of anilines is 3. The molecule has 7 rings (SSSR count). The molecule has 4 atom stereocenters. The molecular weight excluding hydrogens is 854 g/mol. The molecule has 2 saturated heterocycles. The molecule has 358 valence electrons. The van der Waals surface area contributed by atoms with E-state index >= 15 is 0 Å². The summed E-state index contributed by atoms with van der Waals surface area (Å²) in [6, 6.07) is 39.6. The van der Waals surface area contributed by atoms with Crippen LogP contribution in [0.3, 0.4) is 0 Å². The number of carbonyl (C=O) groups excluding carboxylic acids is 4. The first-order chi connectivity index (χ1) is 32.9. The number of carbonyl (C=O) groups is 4. The number of hydrogen-bond donors (Lipinski definition) is 2. The normalized spacial score (nSPS) is 16.9. The van der Waals surface area contributed by atoms with E-state index in [9.17, 15) is 23.6 Å². The van der Waals surface area contributed by atoms with Crippen molar-refractivity contribution in [2.24, 2.45) is 0 Å². The average molecular weight is 922 g/mol. The Morgan fingerprint density at radius 1 is 0.559 bits per heavy atom. The largest absolute Gasteiger partial charge is 0.363 e. The van der Waals surface area contributed by atoms with Gasteiger partial charge in [-0.3, -0.25) is 29.0 Å². The molecule has 2 aliphatic heterocycles. The third kappa shape index (κ3) is 11.8. The maximum Gasteiger partial charge on any atom is 0.247 e. The summed E-state index contributed by atoms with van der Waals surface area (Å²) in [5.41, 5.74) is 5.91. The van der Waals surface area contributed by atoms with E-state index in [0.29, 0.717) is 63.5 Å². The van der Waals surface area contributed by atoms with Crippen LogP contribution in [0.2, 0.25) is 0 Å². The summed E-state index contributed by atoms with van der Waals surface area (Å²) in [4.78, 5) is 66.4. The van der Waals surface area contributed by atoms with Crippen LogP contribution in [0.5, 0.6) is 0 Å². The molecule has 5 aromatic carbocycles. The third-order valence-electron chi connectivity index (χ3n) is 13.5. The molecule has 2 heterocycles. The standard InChI is InChI=1S/C56H68FN7O4/c1-7-61(39(3)4)51(43-17-11-9-12-18-43)55(67)63-35-15-21-49(63)53(65)58-46-29-23-41(24-30-46)37-60(48-33-27-45(57)28-34-48)38-42-25-31-47(32-26-42)59-54(66)50-22-16-36-64(50)56(68)52(62(8-2)40(5)6)44-19-13-10-14-20-44/h9-14,17-20,23-34,39-40,49-52H,7-8,15-16,21-22,35-38H2,1-6H3,(H,58,65)(H,59,66). The summed E-state index contributed by atoms with van der Waals surface area (Å²) in [5, 5.41) is 6.17. The first-order valence-corrected chi connectivity index (χ1v) is 24.4. The maximum atomic E-state index is 14.3. The molecule has 4 amide bonds. The number of likely N-dealkylation sites (tertiary alicyclic amines) is 2. The highest BCUT2D eigenvalue weighted by atomic mass is 19.1. The fourth-order valence-corrected chi connectivity index (χ4v) is 10.0. The zero-order valence-corrected chi connectivity index (χ0v) is 40.5. The van der Waals surface area contributed by atoms with Crippen molar-refractivity contribution in [3.8, 4) is 0 Å². The molecule has 0 aromatic heterocycles. The van der Waals surface area contributed by atoms with Crippen molar-refractivity contribution in [3.63, 3.8) is 0 Å². The topological polar surface area (TPSA) is 109 Å². The quantitative estimate of drug-likeness (QED) is 0.0850. The molecule has 2 N–H and O–H groups in total. The highest BCUT2D eigenvalue weighted by molar-refractivity contribution is 5.99. The SMILES string of the molecule is CCN(C(C)C)C(C(=O)N1CCCC1C(=O)Nc1ccc(CN(Cc2ccc(NC(=O)C3CCCN3C(=O)C(c3ccccc3)N(CC)C(C)C)cc2)c2ccc(F)cc2)cc1)c1ccccc1. The van der Waals surface area contributed by atoms with Gasteiger partial charge in [0, 0.05) is 55.3 Å². The van der Waals surface area contributed by atoms with E-state index in [-0.39, 0.29) is 41.5 Å². The molecule has 0 aliphatic carbocycles. The zero-order valence-electron chi connectivity index (χ0n) is 40.5. The van der Waals surface area contributed by atoms with Crippen LogP contribution in [0.4, 0.5) is 21.5 Å². The Kier molecular flexibility index (Phi) is 16.8. The van der Waals surface area contributed by atoms with Gasteiger partial charge in [-0.15, -0.1) is 0 Å². The smallest absolute Gasteiger partial charge is 0.247 e. The van der Waals surface area contributed by atoms with Crippen LogP contribution in [0.1, 0.15) is 102 Å². The van der Waals surface area contributed by atoms with Gasteiger partial charge < -0.3 is 25.3 Å². The van der Waals surface area contributed by atoms with E-state index in [1.165, 1.54) is 12.1 Å². The molecule has 0 spiro atoms. The van der Waals surface area contributed by atoms with Gasteiger partial charge in [-0.05, 0) is 137 Å². The van der Waals surface area contributed by atoms with Crippen molar-refractivity contribution >= 4 is 40.7 Å². The van der Waals surface area contributed by atoms with Crippen LogP contribution in [0.15, 0.2) is 133 Å². The number of nitrogens with zero attached hydrogens (tertiary/aromatic N) is 5. The van der Waals surface area contributed by atoms with Crippen molar-refractivity contribution in [1.82, 2.24) is 19.6 Å². The van der Waals surface area contributed by atoms with Gasteiger partial charge in [0.15, 0.2) is 0 Å². The maximum absolute atomic E-state index is 14.3. The van der Waals surface area contributed by atoms with Crippen LogP contribution < -0.4 is 15.5 Å². The van der Waals surface area contributed by atoms with Crippen LogP contribution in [0.25, 0.3) is 0 Å². The molecule has 68 heavy (non-hydrogen) atoms. The number of rotatable bonds is 19. The van der Waals surface area contributed by atoms with Crippen molar-refractivity contribution in [2.75, 3.05) is 41.7 Å². The first-order valence-electron chi connectivity index (χ1n) is 24.4. The second-order valence-electron chi connectivity index (χ2n) is 18.6. The summed E-state index contributed by atoms with van der Waals surface area (Å²) in [6.45, 7) is 15.9. The van der Waals surface area contributed by atoms with Gasteiger partial charge in [0.25, 0.3) is 0 Å². The Balaban J connectivity index is 0.997. The first kappa shape index (κ1) is 49.5. The lowest BCUT2D eigenvalue weighted by molar-refractivity contribution is -0.142. The van der Waals surface area contributed by atoms with Crippen molar-refractivity contribution < 1.29 is 23.6 Å². The molecule has 12 heteroatoms. The van der Waals surface area contributed by atoms with E-state index in [4.69, 9.17) is 0 Å². The van der Waals surface area contributed by atoms with E-state index in [1.54, 1.807) is 21.9 Å². The predicted molar refractivity (Wildman–Crippen MR) is 269 cm³/mol. The Labute approximate surface area is 402 Å². The predicted octanol–water partition coefficient (Wildman–Crippen LogP) is 9.83. The highest BCUT2D eigenvalue weighted by Crippen LogP contribution is 2.32. The summed E-state index contributed by atoms with van der Waals surface area (Å²) in [6.07, 6.45) is 2.69. The van der Waals surface area contributed by atoms with E-state index < -0.39 is 24.2 Å². The molecule has 0 saturated carbocycles. The lowest BCUT2D eigenvalue weighted by atomic mass is 10.0. The zero-order chi connectivity index (χ0) is 48.3. The van der Waals surface area contributed by atoms with E-state index in [2.05, 4.69) is 66.9 Å². The summed E-state index contributed by atoms with van der Waals surface area (Å²) in [5.74, 6) is -0.836. The van der Waals surface area contributed by atoms with Crippen LogP contribution >= 0.6 is 0 Å². The summed E-state index contributed by atoms with van der Waals surface area (Å²) in [7, 11) is 0. The number of benzene rings is 5. The number of amides is 4. The van der Waals surface area contributed by atoms with Gasteiger partial charge in [0.05, 0.1) is 0 Å². The van der Waals surface area contributed by atoms with Crippen molar-refractivity contribution in [2.45, 2.75) is 117 Å². The van der Waals surface area contributed by atoms with Gasteiger partial charge >= 0.3 is 0 Å². The van der Waals surface area contributed by atoms with Gasteiger partial charge in [-0.1, -0.05) is 98.8 Å². The third-order valence-corrected chi connectivity index (χ3v) is 13.5. The molecule has 0 radical (unpaired) electrons. The molecule has 2 fully saturated rings. The minimum Gasteiger partial charge on any atom is -0.363 e. The number of hydrogen-bond acceptors (Lipinski definition) is 7. The van der Waals surface area contributed by atoms with Gasteiger partial charge in [-0.2, -0.15) is 0 Å². The summed E-state index contributed by atoms with van der Waals surface area (Å²) >= 11 is 0. The Bertz CT molecular complexity index is 2280. The van der Waals surface area contributed by atoms with Gasteiger partial charge in [0.1, 0.15) is 30.0 Å². The Hall–Kier alpha value is -6.37. The fraction of sp³-hybridized carbons (Fsp3) is 0.393. The Morgan fingerprint density at radius 3 is 1.29 bits per heavy atom. The lowest BCUT2D eigenvalue weighted by Gasteiger charge is -2.37. The molecule has 11 nitrogen and oxygen atoms in total. The number of nitrogens with one attached hydrogen (secondary N) is 2. The second-order valence-corrected chi connectivity index (χ2v) is 18.6. The highest BCUT2D eigenvalue weighted by Gasteiger charge is 2.41. The minimum absolute atomic E-state index is 0.0535. The monoisotopic (exact) mass is 922 g/mol. The van der Waals surface area contributed by atoms with Gasteiger partial charge in [0.2, 0.25) is 23.6 Å². The molecule has 2 aliphatic rings. The fourth-order valence-electron chi connectivity index (χ4n) is 10.0. The van der Waals surface area contributed by atoms with Crippen LogP contribution in [0, 0.1) is 5.82 Å². The van der Waals surface area contributed by atoms with Crippen LogP contribution in [-0.4, -0.2) is 93.6 Å². The lowest BCUT2D eigenvalue weighted by Crippen LogP contribution is -2.50. The molecular formula is C56H68FN7O4. The van der Waals surface area contributed by atoms with E-state index in [0.717, 1.165) is 40.8 Å². The van der Waals surface area contributed by atoms with Crippen LogP contribution in [-0.2, 0) is 32.3 Å². The second kappa shape index (κ2) is 23.1. The summed E-state index contributed by atoms with van der Waals surface area (Å²) < 4.78 is 14.1. The Morgan fingerprint density at radius 2 is 0.941 bits per heavy atom. The number of likely N-dealkylation sites (N-methyl/N-ethyl adjacent to an activating group) is 2. The van der Waals surface area contributed by atoms with Crippen molar-refractivity contribution in [1.29, 1.82) is 0 Å². The van der Waals surface area contributed by atoms with Crippen molar-refractivity contribution in [3.05, 3.63) is 162 Å². The van der Waals surface area contributed by atoms with Gasteiger partial charge in [-0.25, -0.2) is 4.39 Å². The van der Waals surface area contributed by atoms with E-state index in [1.807, 2.05) is 109 Å². The molecule has 5 aromatic rings. The minimum atomic E-state index is -0.575. The molecule has 0 bridgehead atoms. The number of halogens is 1.